The molecular formula is C26H33Cl2F2N3O4S. The Hall–Kier alpha value is -2.43. The summed E-state index contributed by atoms with van der Waals surface area (Å²) in [6.07, 6.45) is 2.96. The van der Waals surface area contributed by atoms with Crippen molar-refractivity contribution in [2.75, 3.05) is 23.7 Å². The second kappa shape index (κ2) is 14.6. The van der Waals surface area contributed by atoms with Crippen LogP contribution in [0.4, 0.5) is 14.5 Å². The molecule has 0 radical (unpaired) electrons. The molecule has 0 aliphatic heterocycles. The fraction of sp³-hybridized carbons (Fsp3) is 0.462. The number of halogens is 4. The van der Waals surface area contributed by atoms with Crippen molar-refractivity contribution in [1.29, 1.82) is 0 Å². The van der Waals surface area contributed by atoms with E-state index >= 15 is 0 Å². The number of hydrogen-bond acceptors (Lipinski definition) is 4. The summed E-state index contributed by atoms with van der Waals surface area (Å²) in [5.41, 5.74) is 0.550. The zero-order chi connectivity index (χ0) is 28.5. The first-order valence-electron chi connectivity index (χ1n) is 12.3. The minimum absolute atomic E-state index is 0.0491. The molecule has 0 saturated heterocycles. The predicted molar refractivity (Wildman–Crippen MR) is 147 cm³/mol. The summed E-state index contributed by atoms with van der Waals surface area (Å²) in [4.78, 5) is 27.8. The van der Waals surface area contributed by atoms with Crippen LogP contribution < -0.4 is 9.62 Å². The highest BCUT2D eigenvalue weighted by atomic mass is 35.5. The molecule has 0 aliphatic carbocycles. The molecule has 0 aliphatic rings. The third kappa shape index (κ3) is 9.10. The maximum absolute atomic E-state index is 13.7. The van der Waals surface area contributed by atoms with Gasteiger partial charge in [0.25, 0.3) is 0 Å². The van der Waals surface area contributed by atoms with Crippen LogP contribution in [0, 0.1) is 11.6 Å². The van der Waals surface area contributed by atoms with Gasteiger partial charge in [-0.2, -0.15) is 0 Å². The van der Waals surface area contributed by atoms with Crippen molar-refractivity contribution < 1.29 is 26.8 Å². The number of benzene rings is 2. The summed E-state index contributed by atoms with van der Waals surface area (Å²) in [5, 5.41) is 3.64. The van der Waals surface area contributed by atoms with E-state index in [4.69, 9.17) is 23.2 Å². The van der Waals surface area contributed by atoms with Gasteiger partial charge in [0.05, 0.1) is 11.9 Å². The lowest BCUT2D eigenvalue weighted by atomic mass is 10.1. The Labute approximate surface area is 233 Å². The summed E-state index contributed by atoms with van der Waals surface area (Å²) in [6.45, 7) is 4.18. The zero-order valence-corrected chi connectivity index (χ0v) is 24.0. The molecule has 2 amide bonds. The summed E-state index contributed by atoms with van der Waals surface area (Å²) >= 11 is 12.3. The number of rotatable bonds is 14. The molecule has 12 heteroatoms. The van der Waals surface area contributed by atoms with Gasteiger partial charge in [0.1, 0.15) is 6.04 Å². The van der Waals surface area contributed by atoms with Gasteiger partial charge in [-0.25, -0.2) is 17.2 Å². The molecule has 0 saturated carbocycles. The van der Waals surface area contributed by atoms with E-state index in [0.29, 0.717) is 28.6 Å². The van der Waals surface area contributed by atoms with Gasteiger partial charge >= 0.3 is 0 Å². The Kier molecular flexibility index (Phi) is 12.3. The van der Waals surface area contributed by atoms with Crippen LogP contribution in [-0.4, -0.2) is 50.5 Å². The second-order valence-corrected chi connectivity index (χ2v) is 11.6. The number of carbonyl (C=O) groups excluding carboxylic acids is 2. The molecule has 0 spiro atoms. The molecule has 2 aromatic rings. The fourth-order valence-corrected chi connectivity index (χ4v) is 5.33. The molecule has 38 heavy (non-hydrogen) atoms. The van der Waals surface area contributed by atoms with Crippen molar-refractivity contribution >= 4 is 50.7 Å². The summed E-state index contributed by atoms with van der Waals surface area (Å²) in [6, 6.07) is 6.89. The Balaban J connectivity index is 2.25. The average Bonchev–Trinajstić information content (AvgIpc) is 2.84. The summed E-state index contributed by atoms with van der Waals surface area (Å²) in [7, 11) is -3.85. The molecule has 0 aromatic heterocycles. The highest BCUT2D eigenvalue weighted by Crippen LogP contribution is 2.25. The van der Waals surface area contributed by atoms with Crippen molar-refractivity contribution in [3.63, 3.8) is 0 Å². The highest BCUT2D eigenvalue weighted by Gasteiger charge is 2.29. The molecule has 7 nitrogen and oxygen atoms in total. The lowest BCUT2D eigenvalue weighted by Crippen LogP contribution is -2.49. The normalized spacial score (nSPS) is 12.2. The van der Waals surface area contributed by atoms with Gasteiger partial charge in [0.15, 0.2) is 11.6 Å². The molecule has 1 unspecified atom stereocenters. The van der Waals surface area contributed by atoms with E-state index < -0.39 is 27.7 Å². The minimum Gasteiger partial charge on any atom is -0.354 e. The van der Waals surface area contributed by atoms with Crippen LogP contribution in [0.3, 0.4) is 0 Å². The Morgan fingerprint density at radius 2 is 1.74 bits per heavy atom. The van der Waals surface area contributed by atoms with E-state index in [2.05, 4.69) is 5.32 Å². The van der Waals surface area contributed by atoms with E-state index in [1.54, 1.807) is 25.1 Å². The van der Waals surface area contributed by atoms with Crippen molar-refractivity contribution in [3.05, 3.63) is 63.6 Å². The first-order chi connectivity index (χ1) is 17.9. The van der Waals surface area contributed by atoms with Crippen molar-refractivity contribution in [2.45, 2.75) is 58.5 Å². The average molecular weight is 593 g/mol. The number of carbonyl (C=O) groups is 2. The van der Waals surface area contributed by atoms with Crippen molar-refractivity contribution in [1.82, 2.24) is 10.2 Å². The lowest BCUT2D eigenvalue weighted by molar-refractivity contribution is -0.141. The number of anilines is 1. The molecule has 1 atom stereocenters. The SMILES string of the molecule is CCCCNC(=O)C(CC)N(Cc1ccc(Cl)cc1Cl)C(=O)CCCN(c1ccc(F)c(F)c1)S(C)(=O)=O. The van der Waals surface area contributed by atoms with Crippen LogP contribution in [-0.2, 0) is 26.2 Å². The Morgan fingerprint density at radius 1 is 1.03 bits per heavy atom. The van der Waals surface area contributed by atoms with Crippen LogP contribution in [0.15, 0.2) is 36.4 Å². The monoisotopic (exact) mass is 591 g/mol. The minimum atomic E-state index is -3.85. The van der Waals surface area contributed by atoms with E-state index in [9.17, 15) is 26.8 Å². The van der Waals surface area contributed by atoms with Gasteiger partial charge < -0.3 is 10.2 Å². The predicted octanol–water partition coefficient (Wildman–Crippen LogP) is 5.54. The molecular weight excluding hydrogens is 559 g/mol. The van der Waals surface area contributed by atoms with Crippen LogP contribution in [0.2, 0.25) is 10.0 Å². The third-order valence-corrected chi connectivity index (χ3v) is 7.70. The number of unbranched alkanes of at least 4 members (excludes halogenated alkanes) is 1. The molecule has 2 aromatic carbocycles. The fourth-order valence-electron chi connectivity index (χ4n) is 3.90. The Bertz CT molecular complexity index is 1230. The molecule has 0 bridgehead atoms. The third-order valence-electron chi connectivity index (χ3n) is 5.91. The van der Waals surface area contributed by atoms with Gasteiger partial charge in [-0.3, -0.25) is 13.9 Å². The van der Waals surface area contributed by atoms with Crippen molar-refractivity contribution in [2.24, 2.45) is 0 Å². The largest absolute Gasteiger partial charge is 0.354 e. The summed E-state index contributed by atoms with van der Waals surface area (Å²) in [5.74, 6) is -2.96. The summed E-state index contributed by atoms with van der Waals surface area (Å²) < 4.78 is 52.7. The van der Waals surface area contributed by atoms with Crippen LogP contribution in [0.1, 0.15) is 51.5 Å². The molecule has 2 rings (SSSR count). The van der Waals surface area contributed by atoms with E-state index in [1.165, 1.54) is 4.90 Å². The number of amides is 2. The van der Waals surface area contributed by atoms with E-state index in [0.717, 1.165) is 41.6 Å². The Morgan fingerprint density at radius 3 is 2.32 bits per heavy atom. The van der Waals surface area contributed by atoms with Crippen LogP contribution >= 0.6 is 23.2 Å². The molecule has 210 valence electrons. The van der Waals surface area contributed by atoms with Gasteiger partial charge in [-0.15, -0.1) is 0 Å². The number of sulfonamides is 1. The maximum atomic E-state index is 13.7. The first kappa shape index (κ1) is 31.8. The van der Waals surface area contributed by atoms with Crippen LogP contribution in [0.5, 0.6) is 0 Å². The maximum Gasteiger partial charge on any atom is 0.242 e. The number of nitrogens with one attached hydrogen (secondary N) is 1. The van der Waals surface area contributed by atoms with E-state index in [1.807, 2.05) is 6.92 Å². The molecule has 0 heterocycles. The molecule has 1 N–H and O–H groups in total. The first-order valence-corrected chi connectivity index (χ1v) is 14.9. The van der Waals surface area contributed by atoms with Gasteiger partial charge in [-0.1, -0.05) is 49.5 Å². The van der Waals surface area contributed by atoms with Gasteiger partial charge in [-0.05, 0) is 49.1 Å². The quantitative estimate of drug-likeness (QED) is 0.292. The lowest BCUT2D eigenvalue weighted by Gasteiger charge is -2.31. The van der Waals surface area contributed by atoms with Crippen molar-refractivity contribution in [3.8, 4) is 0 Å². The number of nitrogens with zero attached hydrogens (tertiary/aromatic N) is 2. The smallest absolute Gasteiger partial charge is 0.242 e. The van der Waals surface area contributed by atoms with E-state index in [-0.39, 0.29) is 43.4 Å². The van der Waals surface area contributed by atoms with Gasteiger partial charge in [0, 0.05) is 42.2 Å². The highest BCUT2D eigenvalue weighted by molar-refractivity contribution is 7.92. The second-order valence-electron chi connectivity index (χ2n) is 8.86. The van der Waals surface area contributed by atoms with Crippen LogP contribution in [0.25, 0.3) is 0 Å². The topological polar surface area (TPSA) is 86.8 Å². The number of hydrogen-bond donors (Lipinski definition) is 1. The zero-order valence-electron chi connectivity index (χ0n) is 21.6. The van der Waals surface area contributed by atoms with Gasteiger partial charge in [0.2, 0.25) is 21.8 Å². The standard InChI is InChI=1S/C26H33Cl2F2N3O4S/c1-4-6-13-31-26(35)24(5-2)32(17-18-9-10-19(27)15-21(18)28)25(34)8-7-14-33(38(3,36)37)20-11-12-22(29)23(30)16-20/h9-12,15-16,24H,4-8,13-14,17H2,1-3H3,(H,31,35). The molecule has 0 fully saturated rings.